The minimum atomic E-state index is -0.280. The molecule has 3 rings (SSSR count). The van der Waals surface area contributed by atoms with Crippen molar-refractivity contribution in [2.24, 2.45) is 0 Å². The van der Waals surface area contributed by atoms with Gasteiger partial charge in [-0.05, 0) is 56.2 Å². The minimum Gasteiger partial charge on any atom is -0.478 e. The summed E-state index contributed by atoms with van der Waals surface area (Å²) in [6, 6.07) is 13.5. The molecule has 2 atom stereocenters. The normalized spacial score (nSPS) is 18.9. The summed E-state index contributed by atoms with van der Waals surface area (Å²) < 4.78 is 24.1. The molecule has 0 aromatic heterocycles. The maximum absolute atomic E-state index is 13.2. The monoisotopic (exact) mass is 440 g/mol. The Balaban J connectivity index is 1.59. The van der Waals surface area contributed by atoms with E-state index >= 15 is 0 Å². The van der Waals surface area contributed by atoms with Crippen molar-refractivity contribution in [3.63, 3.8) is 0 Å². The summed E-state index contributed by atoms with van der Waals surface area (Å²) in [5.41, 5.74) is 2.35. The molecule has 1 heterocycles. The average Bonchev–Trinajstić information content (AvgIpc) is 2.78. The molecule has 0 spiro atoms. The second-order valence-electron chi connectivity index (χ2n) is 7.94. The molecular weight excluding hydrogens is 411 g/mol. The quantitative estimate of drug-likeness (QED) is 0.462. The number of benzene rings is 2. The Kier molecular flexibility index (Phi) is 8.03. The van der Waals surface area contributed by atoms with Gasteiger partial charge in [0.2, 0.25) is 0 Å². The molecule has 1 aliphatic rings. The lowest BCUT2D eigenvalue weighted by Gasteiger charge is -2.45. The molecule has 1 aliphatic heterocycles. The molecule has 2 aromatic rings. The van der Waals surface area contributed by atoms with Crippen LogP contribution in [0.4, 0.5) is 4.39 Å². The van der Waals surface area contributed by atoms with Crippen LogP contribution in [0, 0.1) is 5.82 Å². The van der Waals surface area contributed by atoms with Crippen LogP contribution in [0.2, 0.25) is 0 Å². The number of piperazine rings is 1. The number of hydrogen-bond acceptors (Lipinski definition) is 6. The van der Waals surface area contributed by atoms with E-state index in [9.17, 15) is 14.0 Å². The van der Waals surface area contributed by atoms with E-state index in [1.54, 1.807) is 19.1 Å². The molecule has 6 nitrogen and oxygen atoms in total. The lowest BCUT2D eigenvalue weighted by molar-refractivity contribution is -0.142. The molecule has 0 N–H and O–H groups in total. The van der Waals surface area contributed by atoms with Gasteiger partial charge in [-0.1, -0.05) is 24.3 Å². The second-order valence-corrected chi connectivity index (χ2v) is 7.94. The number of halogens is 1. The van der Waals surface area contributed by atoms with E-state index in [2.05, 4.69) is 10.8 Å². The first kappa shape index (κ1) is 23.5. The van der Waals surface area contributed by atoms with Gasteiger partial charge in [0.05, 0.1) is 19.1 Å². The highest BCUT2D eigenvalue weighted by atomic mass is 19.1. The van der Waals surface area contributed by atoms with E-state index in [1.807, 2.05) is 43.0 Å². The van der Waals surface area contributed by atoms with Crippen LogP contribution in [-0.2, 0) is 27.3 Å². The molecule has 170 valence electrons. The van der Waals surface area contributed by atoms with Crippen LogP contribution in [0.25, 0.3) is 0 Å². The maximum atomic E-state index is 13.2. The zero-order chi connectivity index (χ0) is 23.1. The summed E-state index contributed by atoms with van der Waals surface area (Å²) >= 11 is 0. The molecule has 0 unspecified atom stereocenters. The standard InChI is InChI=1S/C25H29FN2O4/c1-4-31-25(30)13-20-7-11-23(12-8-20)32-17-27-14-18(2)28(24(16-29)19(27)3)15-21-5-9-22(26)10-6-21/h5-12,18-19H,4,13-15,17H2,1-3H3/t18-,19+/m0/s1. The van der Waals surface area contributed by atoms with Gasteiger partial charge in [0, 0.05) is 19.1 Å². The number of nitrogens with zero attached hydrogens (tertiary/aromatic N) is 2. The van der Waals surface area contributed by atoms with Crippen LogP contribution in [0.15, 0.2) is 54.2 Å². The fourth-order valence-electron chi connectivity index (χ4n) is 3.82. The lowest BCUT2D eigenvalue weighted by atomic mass is 10.0. The van der Waals surface area contributed by atoms with Crippen molar-refractivity contribution >= 4 is 11.9 Å². The summed E-state index contributed by atoms with van der Waals surface area (Å²) in [4.78, 5) is 27.5. The second kappa shape index (κ2) is 10.9. The summed E-state index contributed by atoms with van der Waals surface area (Å²) in [7, 11) is 0. The van der Waals surface area contributed by atoms with Crippen molar-refractivity contribution in [2.75, 3.05) is 19.9 Å². The van der Waals surface area contributed by atoms with Crippen LogP contribution in [0.1, 0.15) is 31.9 Å². The van der Waals surface area contributed by atoms with E-state index < -0.39 is 0 Å². The highest BCUT2D eigenvalue weighted by molar-refractivity contribution is 5.72. The van der Waals surface area contributed by atoms with Gasteiger partial charge in [-0.3, -0.25) is 9.69 Å². The summed E-state index contributed by atoms with van der Waals surface area (Å²) in [5.74, 6) is 2.26. The van der Waals surface area contributed by atoms with Gasteiger partial charge < -0.3 is 14.4 Å². The Hall–Kier alpha value is -3.15. The molecule has 32 heavy (non-hydrogen) atoms. The molecule has 0 radical (unpaired) electrons. The first-order valence-electron chi connectivity index (χ1n) is 10.8. The predicted octanol–water partition coefficient (Wildman–Crippen LogP) is 3.58. The molecule has 0 bridgehead atoms. The highest BCUT2D eigenvalue weighted by Gasteiger charge is 2.34. The third-order valence-corrected chi connectivity index (χ3v) is 5.63. The van der Waals surface area contributed by atoms with Gasteiger partial charge in [-0.15, -0.1) is 0 Å². The first-order valence-corrected chi connectivity index (χ1v) is 10.8. The zero-order valence-electron chi connectivity index (χ0n) is 18.7. The number of rotatable bonds is 8. The lowest BCUT2D eigenvalue weighted by Crippen LogP contribution is -2.55. The fraction of sp³-hybridized carbons (Fsp3) is 0.400. The molecule has 2 aromatic carbocycles. The smallest absolute Gasteiger partial charge is 0.310 e. The van der Waals surface area contributed by atoms with Crippen molar-refractivity contribution < 1.29 is 23.5 Å². The van der Waals surface area contributed by atoms with Gasteiger partial charge in [-0.2, -0.15) is 0 Å². The van der Waals surface area contributed by atoms with Gasteiger partial charge in [0.15, 0.2) is 0 Å². The van der Waals surface area contributed by atoms with E-state index in [0.717, 1.165) is 11.1 Å². The van der Waals surface area contributed by atoms with Crippen molar-refractivity contribution in [2.45, 2.75) is 45.8 Å². The topological polar surface area (TPSA) is 59.1 Å². The summed E-state index contributed by atoms with van der Waals surface area (Å²) in [6.07, 6.45) is 0.228. The molecular formula is C25H29FN2O4. The van der Waals surface area contributed by atoms with Crippen molar-refractivity contribution in [3.05, 3.63) is 71.2 Å². The van der Waals surface area contributed by atoms with E-state index in [0.29, 0.717) is 37.9 Å². The molecule has 1 fully saturated rings. The van der Waals surface area contributed by atoms with Crippen molar-refractivity contribution in [3.8, 4) is 5.75 Å². The van der Waals surface area contributed by atoms with Crippen LogP contribution >= 0.6 is 0 Å². The summed E-state index contributed by atoms with van der Waals surface area (Å²) in [5, 5.41) is 0. The van der Waals surface area contributed by atoms with Crippen molar-refractivity contribution in [1.29, 1.82) is 0 Å². The number of carbonyl (C=O) groups is 1. The highest BCUT2D eigenvalue weighted by Crippen LogP contribution is 2.26. The molecule has 0 aliphatic carbocycles. The molecule has 1 saturated heterocycles. The average molecular weight is 441 g/mol. The van der Waals surface area contributed by atoms with Crippen LogP contribution in [0.5, 0.6) is 5.75 Å². The predicted molar refractivity (Wildman–Crippen MR) is 119 cm³/mol. The Morgan fingerprint density at radius 3 is 2.38 bits per heavy atom. The van der Waals surface area contributed by atoms with Crippen LogP contribution in [0.3, 0.4) is 0 Å². The SMILES string of the molecule is CCOC(=O)Cc1ccc(OCN2C[C@H](C)N(Cc3ccc(F)cc3)C(=C=O)[C@H]2C)cc1. The van der Waals surface area contributed by atoms with Crippen molar-refractivity contribution in [1.82, 2.24) is 9.80 Å². The van der Waals surface area contributed by atoms with Gasteiger partial charge in [0.25, 0.3) is 0 Å². The Labute approximate surface area is 188 Å². The zero-order valence-corrected chi connectivity index (χ0v) is 18.7. The summed E-state index contributed by atoms with van der Waals surface area (Å²) in [6.45, 7) is 7.69. The Morgan fingerprint density at radius 2 is 1.75 bits per heavy atom. The third kappa shape index (κ3) is 5.96. The molecule has 0 saturated carbocycles. The number of hydrogen-bond donors (Lipinski definition) is 0. The van der Waals surface area contributed by atoms with Crippen LogP contribution in [-0.4, -0.2) is 53.7 Å². The minimum absolute atomic E-state index is 0.0586. The van der Waals surface area contributed by atoms with Crippen LogP contribution < -0.4 is 4.74 Å². The van der Waals surface area contributed by atoms with E-state index in [1.165, 1.54) is 12.1 Å². The van der Waals surface area contributed by atoms with E-state index in [-0.39, 0.29) is 30.3 Å². The molecule has 7 heteroatoms. The Bertz CT molecular complexity index is 955. The number of ether oxygens (including phenoxy) is 2. The molecule has 0 amide bonds. The van der Waals surface area contributed by atoms with E-state index in [4.69, 9.17) is 9.47 Å². The largest absolute Gasteiger partial charge is 0.478 e. The Morgan fingerprint density at radius 1 is 1.09 bits per heavy atom. The third-order valence-electron chi connectivity index (χ3n) is 5.63. The first-order chi connectivity index (χ1) is 15.4. The van der Waals surface area contributed by atoms with Gasteiger partial charge >= 0.3 is 5.97 Å². The van der Waals surface area contributed by atoms with Gasteiger partial charge in [-0.25, -0.2) is 9.18 Å². The number of esters is 1. The number of carbonyl (C=O) groups excluding carboxylic acids is 2. The fourth-order valence-corrected chi connectivity index (χ4v) is 3.82. The maximum Gasteiger partial charge on any atom is 0.310 e. The van der Waals surface area contributed by atoms with Gasteiger partial charge in [0.1, 0.15) is 29.9 Å².